The van der Waals surface area contributed by atoms with E-state index in [2.05, 4.69) is 10.6 Å². The molecule has 0 spiro atoms. The minimum atomic E-state index is -0.385. The smallest absolute Gasteiger partial charge is 0.259 e. The first-order valence-corrected chi connectivity index (χ1v) is 11.4. The molecule has 0 atom stereocenters. The zero-order valence-corrected chi connectivity index (χ0v) is 19.1. The fourth-order valence-corrected chi connectivity index (χ4v) is 4.56. The third-order valence-electron chi connectivity index (χ3n) is 4.74. The van der Waals surface area contributed by atoms with E-state index in [-0.39, 0.29) is 18.2 Å². The largest absolute Gasteiger partial charge is 0.320 e. The number of thiophene rings is 1. The Morgan fingerprint density at radius 2 is 1.53 bits per heavy atom. The molecule has 1 aromatic heterocycles. The number of amides is 2. The van der Waals surface area contributed by atoms with Crippen molar-refractivity contribution in [2.24, 2.45) is 0 Å². The van der Waals surface area contributed by atoms with E-state index in [1.807, 2.05) is 66.0 Å². The highest BCUT2D eigenvalue weighted by atomic mass is 35.5. The van der Waals surface area contributed by atoms with Crippen LogP contribution in [0.15, 0.2) is 84.2 Å². The molecule has 2 amide bonds. The van der Waals surface area contributed by atoms with Gasteiger partial charge >= 0.3 is 0 Å². The van der Waals surface area contributed by atoms with Crippen LogP contribution in [-0.2, 0) is 11.2 Å². The molecule has 0 aliphatic heterocycles. The molecule has 0 unspecified atom stereocenters. The minimum absolute atomic E-state index is 0.201. The third kappa shape index (κ3) is 5.19. The molecular weight excluding hydrogens is 463 g/mol. The van der Waals surface area contributed by atoms with Crippen LogP contribution in [0.1, 0.15) is 15.9 Å². The Balaban J connectivity index is 1.66. The highest BCUT2D eigenvalue weighted by Gasteiger charge is 2.22. The first kappa shape index (κ1) is 22.1. The Labute approximate surface area is 199 Å². The SMILES string of the molecule is O=C(Cc1ccccc1)Nc1scc(-c2ccccc2)c1C(=O)Nc1cc(Cl)ccc1Cl. The van der Waals surface area contributed by atoms with Crippen molar-refractivity contribution < 1.29 is 9.59 Å². The number of carbonyl (C=O) groups is 2. The van der Waals surface area contributed by atoms with Gasteiger partial charge in [0.1, 0.15) is 5.00 Å². The summed E-state index contributed by atoms with van der Waals surface area (Å²) in [6.07, 6.45) is 0.209. The molecular formula is C25H18Cl2N2O2S. The maximum Gasteiger partial charge on any atom is 0.259 e. The molecule has 2 N–H and O–H groups in total. The summed E-state index contributed by atoms with van der Waals surface area (Å²) in [5.74, 6) is -0.586. The van der Waals surface area contributed by atoms with Gasteiger partial charge in [0.05, 0.1) is 22.7 Å². The lowest BCUT2D eigenvalue weighted by Crippen LogP contribution is -2.18. The zero-order chi connectivity index (χ0) is 22.5. The molecule has 0 aliphatic rings. The first-order valence-electron chi connectivity index (χ1n) is 9.78. The van der Waals surface area contributed by atoms with Crippen LogP contribution in [0.4, 0.5) is 10.7 Å². The van der Waals surface area contributed by atoms with E-state index in [1.54, 1.807) is 18.2 Å². The van der Waals surface area contributed by atoms with Gasteiger partial charge in [0.15, 0.2) is 0 Å². The second-order valence-corrected chi connectivity index (χ2v) is 8.73. The van der Waals surface area contributed by atoms with Gasteiger partial charge in [-0.3, -0.25) is 9.59 Å². The Hall–Kier alpha value is -3.12. The summed E-state index contributed by atoms with van der Waals surface area (Å²) < 4.78 is 0. The van der Waals surface area contributed by atoms with Crippen LogP contribution in [-0.4, -0.2) is 11.8 Å². The summed E-state index contributed by atoms with van der Waals surface area (Å²) in [5.41, 5.74) is 3.26. The van der Waals surface area contributed by atoms with Crippen molar-refractivity contribution in [3.63, 3.8) is 0 Å². The predicted octanol–water partition coefficient (Wildman–Crippen LogP) is 7.16. The van der Waals surface area contributed by atoms with Crippen LogP contribution >= 0.6 is 34.5 Å². The molecule has 0 radical (unpaired) electrons. The minimum Gasteiger partial charge on any atom is -0.320 e. The molecule has 32 heavy (non-hydrogen) atoms. The molecule has 0 bridgehead atoms. The van der Waals surface area contributed by atoms with E-state index in [0.29, 0.717) is 26.3 Å². The second kappa shape index (κ2) is 10.0. The second-order valence-electron chi connectivity index (χ2n) is 7.01. The van der Waals surface area contributed by atoms with Crippen LogP contribution in [0, 0.1) is 0 Å². The van der Waals surface area contributed by atoms with E-state index < -0.39 is 0 Å². The van der Waals surface area contributed by atoms with Crippen molar-refractivity contribution in [3.8, 4) is 11.1 Å². The van der Waals surface area contributed by atoms with Gasteiger partial charge in [-0.05, 0) is 29.3 Å². The number of halogens is 2. The average Bonchev–Trinajstić information content (AvgIpc) is 3.21. The van der Waals surface area contributed by atoms with E-state index in [9.17, 15) is 9.59 Å². The first-order chi connectivity index (χ1) is 15.5. The number of hydrogen-bond acceptors (Lipinski definition) is 3. The monoisotopic (exact) mass is 480 g/mol. The van der Waals surface area contributed by atoms with Gasteiger partial charge in [-0.1, -0.05) is 83.9 Å². The van der Waals surface area contributed by atoms with E-state index in [0.717, 1.165) is 16.7 Å². The molecule has 1 heterocycles. The lowest BCUT2D eigenvalue weighted by atomic mass is 10.0. The normalized spacial score (nSPS) is 10.6. The van der Waals surface area contributed by atoms with Gasteiger partial charge < -0.3 is 10.6 Å². The maximum absolute atomic E-state index is 13.3. The summed E-state index contributed by atoms with van der Waals surface area (Å²) >= 11 is 13.6. The van der Waals surface area contributed by atoms with E-state index >= 15 is 0 Å². The average molecular weight is 481 g/mol. The summed E-state index contributed by atoms with van der Waals surface area (Å²) in [6.45, 7) is 0. The molecule has 4 rings (SSSR count). The molecule has 3 aromatic carbocycles. The Kier molecular flexibility index (Phi) is 6.90. The van der Waals surface area contributed by atoms with Crippen LogP contribution in [0.3, 0.4) is 0 Å². The fraction of sp³-hybridized carbons (Fsp3) is 0.0400. The molecule has 0 aliphatic carbocycles. The topological polar surface area (TPSA) is 58.2 Å². The summed E-state index contributed by atoms with van der Waals surface area (Å²) in [5, 5.41) is 8.89. The quantitative estimate of drug-likeness (QED) is 0.307. The Morgan fingerprint density at radius 3 is 2.25 bits per heavy atom. The van der Waals surface area contributed by atoms with E-state index in [4.69, 9.17) is 23.2 Å². The number of carbonyl (C=O) groups excluding carboxylic acids is 2. The molecule has 4 aromatic rings. The number of nitrogens with one attached hydrogen (secondary N) is 2. The van der Waals surface area contributed by atoms with Crippen molar-refractivity contribution in [1.82, 2.24) is 0 Å². The van der Waals surface area contributed by atoms with E-state index in [1.165, 1.54) is 11.3 Å². The summed E-state index contributed by atoms with van der Waals surface area (Å²) in [7, 11) is 0. The molecule has 7 heteroatoms. The molecule has 0 fully saturated rings. The standard InChI is InChI=1S/C25H18Cl2N2O2S/c26-18-11-12-20(27)21(14-18)28-24(31)23-19(17-9-5-2-6-10-17)15-32-25(23)29-22(30)13-16-7-3-1-4-8-16/h1-12,14-15H,13H2,(H,28,31)(H,29,30). The lowest BCUT2D eigenvalue weighted by molar-refractivity contribution is -0.115. The Morgan fingerprint density at radius 1 is 0.844 bits per heavy atom. The number of anilines is 2. The molecule has 160 valence electrons. The summed E-state index contributed by atoms with van der Waals surface area (Å²) in [4.78, 5) is 26.0. The number of hydrogen-bond donors (Lipinski definition) is 2. The van der Waals surface area contributed by atoms with Crippen molar-refractivity contribution in [2.75, 3.05) is 10.6 Å². The van der Waals surface area contributed by atoms with Gasteiger partial charge in [-0.15, -0.1) is 11.3 Å². The lowest BCUT2D eigenvalue weighted by Gasteiger charge is -2.12. The van der Waals surface area contributed by atoms with Crippen molar-refractivity contribution in [2.45, 2.75) is 6.42 Å². The predicted molar refractivity (Wildman–Crippen MR) is 133 cm³/mol. The van der Waals surface area contributed by atoms with Crippen LogP contribution in [0.2, 0.25) is 10.0 Å². The van der Waals surface area contributed by atoms with Crippen LogP contribution in [0.25, 0.3) is 11.1 Å². The van der Waals surface area contributed by atoms with Crippen molar-refractivity contribution in [1.29, 1.82) is 0 Å². The van der Waals surface area contributed by atoms with Crippen LogP contribution < -0.4 is 10.6 Å². The zero-order valence-electron chi connectivity index (χ0n) is 16.8. The van der Waals surface area contributed by atoms with Crippen molar-refractivity contribution >= 4 is 57.0 Å². The maximum atomic E-state index is 13.3. The fourth-order valence-electron chi connectivity index (χ4n) is 3.24. The molecule has 0 saturated carbocycles. The van der Waals surface area contributed by atoms with Gasteiger partial charge in [0.2, 0.25) is 5.91 Å². The number of benzene rings is 3. The van der Waals surface area contributed by atoms with Gasteiger partial charge in [-0.2, -0.15) is 0 Å². The number of rotatable bonds is 6. The van der Waals surface area contributed by atoms with Gasteiger partial charge in [0, 0.05) is 16.0 Å². The highest BCUT2D eigenvalue weighted by molar-refractivity contribution is 7.15. The molecule has 4 nitrogen and oxygen atoms in total. The van der Waals surface area contributed by atoms with Crippen LogP contribution in [0.5, 0.6) is 0 Å². The van der Waals surface area contributed by atoms with Gasteiger partial charge in [0.25, 0.3) is 5.91 Å². The highest BCUT2D eigenvalue weighted by Crippen LogP contribution is 2.37. The summed E-state index contributed by atoms with van der Waals surface area (Å²) in [6, 6.07) is 23.8. The molecule has 0 saturated heterocycles. The van der Waals surface area contributed by atoms with Gasteiger partial charge in [-0.25, -0.2) is 0 Å². The Bertz CT molecular complexity index is 1260. The van der Waals surface area contributed by atoms with Crippen molar-refractivity contribution in [3.05, 3.63) is 105 Å². The third-order valence-corrected chi connectivity index (χ3v) is 6.20.